The quantitative estimate of drug-likeness (QED) is 0.0367. The molecule has 2 unspecified atom stereocenters. The number of rotatable bonds is 16. The number of aromatic nitrogens is 4. The van der Waals surface area contributed by atoms with Gasteiger partial charge in [-0.1, -0.05) is 157 Å². The molecular formula is C52H83N4O15PSSi4. The molecule has 2 aromatic carbocycles. The van der Waals surface area contributed by atoms with Crippen molar-refractivity contribution in [3.05, 3.63) is 127 Å². The van der Waals surface area contributed by atoms with Gasteiger partial charge in [0.25, 0.3) is 19.4 Å². The fourth-order valence-corrected chi connectivity index (χ4v) is 22.7. The highest BCUT2D eigenvalue weighted by Crippen LogP contribution is 2.57. The van der Waals surface area contributed by atoms with Crippen molar-refractivity contribution in [2.75, 3.05) is 6.61 Å². The minimum Gasteiger partial charge on any atom is -0.742 e. The number of ether oxygens (including phenoxy) is 2. The second kappa shape index (κ2) is 21.6. The topological polar surface area (TPSA) is 269 Å². The number of H-pyrrole nitrogens is 2. The lowest BCUT2D eigenvalue weighted by Crippen LogP contribution is -2.70. The normalized spacial score (nSPS) is 26.4. The first-order chi connectivity index (χ1) is 35.0. The van der Waals surface area contributed by atoms with E-state index >= 15 is 4.89 Å². The number of benzene rings is 2. The van der Waals surface area contributed by atoms with Crippen LogP contribution in [-0.2, 0) is 38.2 Å². The molecule has 2 fully saturated rings. The first-order valence-electron chi connectivity index (χ1n) is 25.9. The van der Waals surface area contributed by atoms with Gasteiger partial charge in [-0.15, -0.1) is 0 Å². The van der Waals surface area contributed by atoms with Crippen molar-refractivity contribution < 1.29 is 52.4 Å². The lowest BCUT2D eigenvalue weighted by atomic mass is 10.1. The van der Waals surface area contributed by atoms with Gasteiger partial charge in [-0.05, 0) is 56.7 Å². The molecule has 4 aromatic rings. The summed E-state index contributed by atoms with van der Waals surface area (Å²) in [6.07, 6.45) is -7.50. The number of aromatic amines is 2. The number of aliphatic hydroxyl groups is 3. The summed E-state index contributed by atoms with van der Waals surface area (Å²) in [6, 6.07) is 21.4. The SMILES string of the molecule is CC(C)(C)[Si](C)(C)O[C@@H]1[C@@H](C(O)[S+]=P([O-])(O)O[C@@]2(O)[C@@H](CO[Si](c3ccccc3)(c3ccccc3)C(C)(C)C)O[C@@H](n3ccc(=O)[nH]c3=O)[C@@H]2O[Si](C)(C)C(C)(C)C)O[C@@H](n2ccc(=O)[nH]c2=O)[C@@]1(O)[Si](C)(C)C(C)(C)C. The Kier molecular flexibility index (Phi) is 17.7. The molecule has 0 aliphatic carbocycles. The third kappa shape index (κ3) is 12.0. The molecule has 0 spiro atoms. The number of hydrogen-bond acceptors (Lipinski definition) is 14. The zero-order chi connectivity index (χ0) is 58.1. The first kappa shape index (κ1) is 63.1. The average molecular weight is 1180 g/mol. The summed E-state index contributed by atoms with van der Waals surface area (Å²) in [7, 11) is -12.9. The van der Waals surface area contributed by atoms with Crippen LogP contribution in [0.5, 0.6) is 0 Å². The summed E-state index contributed by atoms with van der Waals surface area (Å²) in [5, 5.41) is 37.2. The summed E-state index contributed by atoms with van der Waals surface area (Å²) >= 11 is 0. The highest BCUT2D eigenvalue weighted by atomic mass is 32.5. The molecule has 77 heavy (non-hydrogen) atoms. The molecular weight excluding hydrogens is 1100 g/mol. The van der Waals surface area contributed by atoms with Gasteiger partial charge in [-0.25, -0.2) is 9.59 Å². The number of hydrogen-bond donors (Lipinski definition) is 6. The van der Waals surface area contributed by atoms with Gasteiger partial charge >= 0.3 is 23.5 Å². The molecule has 2 aliphatic heterocycles. The van der Waals surface area contributed by atoms with E-state index in [4.69, 9.17) is 27.3 Å². The minimum absolute atomic E-state index is 0.00194. The monoisotopic (exact) mass is 1180 g/mol. The number of nitrogens with one attached hydrogen (secondary N) is 2. The van der Waals surface area contributed by atoms with Crippen LogP contribution in [-0.4, -0.2) is 120 Å². The minimum atomic E-state index is -5.51. The summed E-state index contributed by atoms with van der Waals surface area (Å²) in [5.74, 6) is -2.99. The van der Waals surface area contributed by atoms with E-state index in [0.717, 1.165) is 31.6 Å². The zero-order valence-electron chi connectivity index (χ0n) is 47.9. The summed E-state index contributed by atoms with van der Waals surface area (Å²) in [5.41, 5.74) is -5.37. The van der Waals surface area contributed by atoms with E-state index in [1.165, 1.54) is 12.4 Å². The van der Waals surface area contributed by atoms with Crippen molar-refractivity contribution in [1.29, 1.82) is 0 Å². The standard InChI is InChI=1S/C52H83N4O15PSSi4/c1-47(2,3)74(13,14)52(63)40(69-75(15,16)48(4,5)6)39(68-44(52)56-32-30-38(58)54-46(56)61)43(59)73-72(64,65)71-51(62)36(33-66-77(50(10,11)12,34-25-21-19-22-26-34)35-27-23-20-24-28-35)67-42(55-31-29-37(57)53-45(55)60)41(51)70-76(17,18)49(7,8)9/h19-32,36,39-44,59,62-63H,33H2,1-18H3,(H3-,53,54,57,58,60,61,64,65)/t36-,39+,40-,41+,42-,43?,44-,51+,52+/m1/s1. The second-order valence-corrected chi connectivity index (χ2v) is 49.3. The molecule has 19 nitrogen and oxygen atoms in total. The Bertz CT molecular complexity index is 2990. The van der Waals surface area contributed by atoms with Gasteiger partial charge in [0.15, 0.2) is 35.2 Å². The summed E-state index contributed by atoms with van der Waals surface area (Å²) in [4.78, 5) is 84.7. The van der Waals surface area contributed by atoms with Crippen molar-refractivity contribution in [1.82, 2.24) is 19.1 Å². The predicted octanol–water partition coefficient (Wildman–Crippen LogP) is 5.15. The van der Waals surface area contributed by atoms with Crippen molar-refractivity contribution in [3.8, 4) is 0 Å². The maximum Gasteiger partial charge on any atom is 0.330 e. The largest absolute Gasteiger partial charge is 0.742 e. The Balaban J connectivity index is 1.59. The van der Waals surface area contributed by atoms with Crippen LogP contribution in [0.3, 0.4) is 0 Å². The van der Waals surface area contributed by atoms with Gasteiger partial charge in [0, 0.05) is 24.5 Å². The van der Waals surface area contributed by atoms with E-state index in [1.54, 1.807) is 0 Å². The zero-order valence-corrected chi connectivity index (χ0v) is 53.6. The van der Waals surface area contributed by atoms with Crippen LogP contribution in [0, 0.1) is 0 Å². The Morgan fingerprint density at radius 2 is 1.12 bits per heavy atom. The van der Waals surface area contributed by atoms with Crippen LogP contribution in [0.4, 0.5) is 0 Å². The third-order valence-corrected chi connectivity index (χ3v) is 40.2. The van der Waals surface area contributed by atoms with Crippen LogP contribution >= 0.6 is 6.72 Å². The number of nitrogens with zero attached hydrogens (tertiary/aromatic N) is 2. The van der Waals surface area contributed by atoms with E-state index in [1.807, 2.05) is 183 Å². The molecule has 0 radical (unpaired) electrons. The molecule has 0 saturated carbocycles. The summed E-state index contributed by atoms with van der Waals surface area (Å²) < 4.78 is 43.0. The smallest absolute Gasteiger partial charge is 0.330 e. The lowest BCUT2D eigenvalue weighted by Gasteiger charge is -2.53. The predicted molar refractivity (Wildman–Crippen MR) is 309 cm³/mol. The van der Waals surface area contributed by atoms with Crippen LogP contribution in [0.15, 0.2) is 104 Å². The highest BCUT2D eigenvalue weighted by Gasteiger charge is 2.72. The van der Waals surface area contributed by atoms with Crippen LogP contribution in [0.1, 0.15) is 95.5 Å². The van der Waals surface area contributed by atoms with E-state index in [2.05, 4.69) is 9.97 Å². The van der Waals surface area contributed by atoms with Crippen molar-refractivity contribution in [2.24, 2.45) is 0 Å². The fraction of sp³-hybridized carbons (Fsp3) is 0.615. The molecule has 428 valence electrons. The van der Waals surface area contributed by atoms with Gasteiger partial charge in [0.1, 0.15) is 23.5 Å². The lowest BCUT2D eigenvalue weighted by molar-refractivity contribution is -0.267. The molecule has 10 atom stereocenters. The molecule has 4 heterocycles. The van der Waals surface area contributed by atoms with E-state index in [9.17, 15) is 39.4 Å². The van der Waals surface area contributed by atoms with Crippen LogP contribution in [0.2, 0.25) is 59.4 Å². The molecule has 6 rings (SSSR count). The molecule has 0 amide bonds. The fourth-order valence-electron chi connectivity index (χ4n) is 9.57. The van der Waals surface area contributed by atoms with Crippen molar-refractivity contribution >= 4 is 61.1 Å². The Labute approximate surface area is 459 Å². The van der Waals surface area contributed by atoms with Crippen molar-refractivity contribution in [3.63, 3.8) is 0 Å². The molecule has 2 aromatic heterocycles. The third-order valence-electron chi connectivity index (χ3n) is 17.0. The first-order valence-corrected chi connectivity index (χ1v) is 39.7. The molecule has 6 N–H and O–H groups in total. The second-order valence-electron chi connectivity index (χ2n) is 26.1. The Morgan fingerprint density at radius 3 is 1.53 bits per heavy atom. The van der Waals surface area contributed by atoms with E-state index in [-0.39, 0.29) is 10.9 Å². The van der Waals surface area contributed by atoms with Gasteiger partial charge in [0.2, 0.25) is 16.7 Å². The summed E-state index contributed by atoms with van der Waals surface area (Å²) in [6.45, 7) is 29.1. The van der Waals surface area contributed by atoms with Gasteiger partial charge < -0.3 is 47.9 Å². The van der Waals surface area contributed by atoms with Gasteiger partial charge in [0.05, 0.1) is 14.7 Å². The van der Waals surface area contributed by atoms with Crippen molar-refractivity contribution in [2.45, 2.75) is 196 Å². The number of aliphatic hydroxyl groups excluding tert-OH is 1. The Hall–Kier alpha value is -3.12. The van der Waals surface area contributed by atoms with Gasteiger partial charge in [-0.3, -0.25) is 33.2 Å². The van der Waals surface area contributed by atoms with Gasteiger partial charge in [-0.2, -0.15) is 0 Å². The maximum absolute atomic E-state index is 15.4. The highest BCUT2D eigenvalue weighted by molar-refractivity contribution is 8.16. The molecule has 2 aliphatic rings. The van der Waals surface area contributed by atoms with Crippen LogP contribution in [0.25, 0.3) is 0 Å². The average Bonchev–Trinajstić information content (AvgIpc) is 3.71. The van der Waals surface area contributed by atoms with Crippen LogP contribution < -0.4 is 37.8 Å². The van der Waals surface area contributed by atoms with E-state index < -0.39 is 142 Å². The molecule has 25 heteroatoms. The Morgan fingerprint density at radius 1 is 0.675 bits per heavy atom. The van der Waals surface area contributed by atoms with E-state index in [0.29, 0.717) is 0 Å². The molecule has 0 bridgehead atoms. The maximum atomic E-state index is 15.4. The molecule has 2 saturated heterocycles.